The molecule has 0 radical (unpaired) electrons. The average molecular weight is 921 g/mol. The molecular formula is C67H44N4O. The van der Waals surface area contributed by atoms with Gasteiger partial charge < -0.3 is 13.6 Å². The average Bonchev–Trinajstić information content (AvgIpc) is 4.16. The third kappa shape index (κ3) is 5.94. The standard InChI is InChI=1S/C67H44N4O/c1-67(2)57-23-9-6-18-50(57)51-33-30-46(39-58(51)67)49-21-13-22-54-64-66(72-65(49)54)63(68-40-69-64)42-28-26-41(27-29-42)43-14-12-17-48(36-43)71-60-25-11-8-20-53(60)56-38-45(32-35-62(56)71)44-31-34-61-55(37-44)52-19-7-10-24-59(52)70(61)47-15-4-3-5-16-47/h3-40H,1-2H3. The second-order valence-electron chi connectivity index (χ2n) is 19.7. The number of nitrogens with zero attached hydrogens (tertiary/aromatic N) is 4. The van der Waals surface area contributed by atoms with Gasteiger partial charge in [0.05, 0.1) is 22.1 Å². The molecule has 0 saturated carbocycles. The molecule has 0 spiro atoms. The molecule has 4 heterocycles. The van der Waals surface area contributed by atoms with E-state index in [2.05, 4.69) is 247 Å². The van der Waals surface area contributed by atoms with Gasteiger partial charge >= 0.3 is 0 Å². The Morgan fingerprint density at radius 3 is 1.64 bits per heavy atom. The molecule has 5 heteroatoms. The molecule has 15 rings (SSSR count). The summed E-state index contributed by atoms with van der Waals surface area (Å²) in [6, 6.07) is 81.5. The first-order chi connectivity index (χ1) is 35.5. The van der Waals surface area contributed by atoms with Crippen molar-refractivity contribution in [2.75, 3.05) is 0 Å². The highest BCUT2D eigenvalue weighted by Crippen LogP contribution is 2.50. The number of rotatable bonds is 6. The molecule has 1 aliphatic rings. The molecule has 10 aromatic carbocycles. The van der Waals surface area contributed by atoms with E-state index in [9.17, 15) is 0 Å². The third-order valence-corrected chi connectivity index (χ3v) is 15.5. The Kier molecular flexibility index (Phi) is 8.64. The number of fused-ring (bicyclic) bond motifs is 12. The van der Waals surface area contributed by atoms with Gasteiger partial charge in [-0.3, -0.25) is 0 Å². The topological polar surface area (TPSA) is 48.8 Å². The summed E-state index contributed by atoms with van der Waals surface area (Å²) in [5.41, 5.74) is 23.1. The molecule has 0 atom stereocenters. The van der Waals surface area contributed by atoms with E-state index in [4.69, 9.17) is 14.4 Å². The van der Waals surface area contributed by atoms with Gasteiger partial charge in [-0.05, 0) is 123 Å². The summed E-state index contributed by atoms with van der Waals surface area (Å²) in [5, 5.41) is 5.92. The van der Waals surface area contributed by atoms with Crippen molar-refractivity contribution in [3.63, 3.8) is 0 Å². The van der Waals surface area contributed by atoms with Crippen LogP contribution in [-0.2, 0) is 5.41 Å². The Bertz CT molecular complexity index is 4530. The fraction of sp³-hybridized carbons (Fsp3) is 0.0448. The van der Waals surface area contributed by atoms with Crippen molar-refractivity contribution in [2.24, 2.45) is 0 Å². The summed E-state index contributed by atoms with van der Waals surface area (Å²) in [6.07, 6.45) is 1.66. The van der Waals surface area contributed by atoms with E-state index in [-0.39, 0.29) is 5.41 Å². The SMILES string of the molecule is CC1(C)c2ccccc2-c2ccc(-c3cccc4c3oc3c(-c5ccc(-c6cccc(-n7c8ccccc8c8cc(-c9ccc%10c(c9)c9ccccc9n%10-c9ccccc9)ccc87)c6)cc5)ncnc34)cc21. The Hall–Kier alpha value is -9.32. The summed E-state index contributed by atoms with van der Waals surface area (Å²) >= 11 is 0. The molecule has 5 nitrogen and oxygen atoms in total. The molecule has 0 unspecified atom stereocenters. The normalized spacial score (nSPS) is 13.0. The lowest BCUT2D eigenvalue weighted by atomic mass is 9.81. The smallest absolute Gasteiger partial charge is 0.180 e. The highest BCUT2D eigenvalue weighted by Gasteiger charge is 2.35. The van der Waals surface area contributed by atoms with Crippen LogP contribution in [0.1, 0.15) is 25.0 Å². The highest BCUT2D eigenvalue weighted by molar-refractivity contribution is 6.13. The molecule has 14 aromatic rings. The van der Waals surface area contributed by atoms with E-state index < -0.39 is 0 Å². The van der Waals surface area contributed by atoms with Crippen LogP contribution >= 0.6 is 0 Å². The number of para-hydroxylation sites is 4. The lowest BCUT2D eigenvalue weighted by Crippen LogP contribution is -2.14. The van der Waals surface area contributed by atoms with E-state index in [1.54, 1.807) is 6.33 Å². The van der Waals surface area contributed by atoms with Crippen molar-refractivity contribution in [2.45, 2.75) is 19.3 Å². The summed E-state index contributed by atoms with van der Waals surface area (Å²) < 4.78 is 11.6. The largest absolute Gasteiger partial charge is 0.451 e. The van der Waals surface area contributed by atoms with Gasteiger partial charge in [0.2, 0.25) is 0 Å². The maximum Gasteiger partial charge on any atom is 0.180 e. The first-order valence-electron chi connectivity index (χ1n) is 24.7. The molecule has 72 heavy (non-hydrogen) atoms. The molecule has 0 aliphatic heterocycles. The van der Waals surface area contributed by atoms with Crippen LogP contribution in [0.2, 0.25) is 0 Å². The Balaban J connectivity index is 0.773. The second kappa shape index (κ2) is 15.3. The molecule has 0 saturated heterocycles. The lowest BCUT2D eigenvalue weighted by molar-refractivity contribution is 0.660. The first-order valence-corrected chi connectivity index (χ1v) is 24.7. The lowest BCUT2D eigenvalue weighted by Gasteiger charge is -2.22. The zero-order valence-corrected chi connectivity index (χ0v) is 39.6. The van der Waals surface area contributed by atoms with Crippen molar-refractivity contribution in [3.05, 3.63) is 242 Å². The van der Waals surface area contributed by atoms with Crippen molar-refractivity contribution in [3.8, 4) is 67.1 Å². The van der Waals surface area contributed by atoms with E-state index in [1.807, 2.05) is 0 Å². The van der Waals surface area contributed by atoms with Gasteiger partial charge in [-0.1, -0.05) is 166 Å². The number of benzene rings is 10. The van der Waals surface area contributed by atoms with Gasteiger partial charge in [-0.15, -0.1) is 0 Å². The number of furan rings is 1. The van der Waals surface area contributed by atoms with Crippen molar-refractivity contribution < 1.29 is 4.42 Å². The van der Waals surface area contributed by atoms with Crippen LogP contribution in [0.15, 0.2) is 235 Å². The second-order valence-corrected chi connectivity index (χ2v) is 19.7. The van der Waals surface area contributed by atoms with Gasteiger partial charge in [0.25, 0.3) is 0 Å². The van der Waals surface area contributed by atoms with Crippen LogP contribution in [0.3, 0.4) is 0 Å². The summed E-state index contributed by atoms with van der Waals surface area (Å²) in [4.78, 5) is 9.61. The summed E-state index contributed by atoms with van der Waals surface area (Å²) in [7, 11) is 0. The molecule has 0 amide bonds. The minimum absolute atomic E-state index is 0.0997. The van der Waals surface area contributed by atoms with Gasteiger partial charge in [-0.2, -0.15) is 0 Å². The van der Waals surface area contributed by atoms with Crippen molar-refractivity contribution in [1.82, 2.24) is 19.1 Å². The van der Waals surface area contributed by atoms with Crippen molar-refractivity contribution >= 4 is 65.7 Å². The van der Waals surface area contributed by atoms with Gasteiger partial charge in [0.15, 0.2) is 5.58 Å². The van der Waals surface area contributed by atoms with Gasteiger partial charge in [0.1, 0.15) is 23.1 Å². The fourth-order valence-corrected chi connectivity index (χ4v) is 12.0. The fourth-order valence-electron chi connectivity index (χ4n) is 12.0. The minimum atomic E-state index is -0.0997. The third-order valence-electron chi connectivity index (χ3n) is 15.5. The van der Waals surface area contributed by atoms with E-state index in [1.165, 1.54) is 77.0 Å². The van der Waals surface area contributed by atoms with Crippen LogP contribution in [0.4, 0.5) is 0 Å². The molecule has 4 aromatic heterocycles. The van der Waals surface area contributed by atoms with E-state index in [0.717, 1.165) is 61.4 Å². The van der Waals surface area contributed by atoms with Crippen LogP contribution in [0.25, 0.3) is 133 Å². The number of hydrogen-bond acceptors (Lipinski definition) is 3. The van der Waals surface area contributed by atoms with Crippen LogP contribution in [0, 0.1) is 0 Å². The maximum atomic E-state index is 6.85. The van der Waals surface area contributed by atoms with Crippen LogP contribution in [-0.4, -0.2) is 19.1 Å². The number of aromatic nitrogens is 4. The van der Waals surface area contributed by atoms with Gasteiger partial charge in [0, 0.05) is 54.8 Å². The highest BCUT2D eigenvalue weighted by atomic mass is 16.3. The Morgan fingerprint density at radius 1 is 0.347 bits per heavy atom. The van der Waals surface area contributed by atoms with Crippen LogP contribution < -0.4 is 0 Å². The zero-order chi connectivity index (χ0) is 47.7. The monoisotopic (exact) mass is 920 g/mol. The maximum absolute atomic E-state index is 6.85. The Labute approximate surface area is 415 Å². The quantitative estimate of drug-likeness (QED) is 0.167. The summed E-state index contributed by atoms with van der Waals surface area (Å²) in [6.45, 7) is 4.64. The van der Waals surface area contributed by atoms with E-state index >= 15 is 0 Å². The zero-order valence-electron chi connectivity index (χ0n) is 39.6. The molecule has 0 N–H and O–H groups in total. The predicted octanol–water partition coefficient (Wildman–Crippen LogP) is 17.5. The minimum Gasteiger partial charge on any atom is -0.451 e. The molecule has 0 fully saturated rings. The molecule has 338 valence electrons. The van der Waals surface area contributed by atoms with E-state index in [0.29, 0.717) is 5.58 Å². The first kappa shape index (κ1) is 40.6. The molecular weight excluding hydrogens is 877 g/mol. The van der Waals surface area contributed by atoms with Crippen LogP contribution in [0.5, 0.6) is 0 Å². The van der Waals surface area contributed by atoms with Crippen molar-refractivity contribution in [1.29, 1.82) is 0 Å². The molecule has 0 bridgehead atoms. The Morgan fingerprint density at radius 2 is 0.889 bits per heavy atom. The molecule has 1 aliphatic carbocycles. The number of hydrogen-bond donors (Lipinski definition) is 0. The van der Waals surface area contributed by atoms with Gasteiger partial charge in [-0.25, -0.2) is 9.97 Å². The predicted molar refractivity (Wildman–Crippen MR) is 297 cm³/mol. The summed E-state index contributed by atoms with van der Waals surface area (Å²) in [5.74, 6) is 0.